The van der Waals surface area contributed by atoms with E-state index in [4.69, 9.17) is 21.1 Å². The van der Waals surface area contributed by atoms with E-state index in [2.05, 4.69) is 4.99 Å². The molecular formula is C15H14ClNO2. The Kier molecular flexibility index (Phi) is 4.42. The Hall–Kier alpha value is -2.00. The molecule has 0 aromatic heterocycles. The summed E-state index contributed by atoms with van der Waals surface area (Å²) in [6, 6.07) is 12.9. The maximum atomic E-state index is 5.96. The summed E-state index contributed by atoms with van der Waals surface area (Å²) in [6.07, 6.45) is 1.73. The second kappa shape index (κ2) is 6.25. The smallest absolute Gasteiger partial charge is 0.127 e. The molecule has 0 saturated heterocycles. The fourth-order valence-electron chi connectivity index (χ4n) is 1.62. The maximum Gasteiger partial charge on any atom is 0.127 e. The number of rotatable bonds is 4. The highest BCUT2D eigenvalue weighted by Crippen LogP contribution is 2.22. The maximum absolute atomic E-state index is 5.96. The second-order valence-electron chi connectivity index (χ2n) is 3.84. The largest absolute Gasteiger partial charge is 0.497 e. The molecule has 0 atom stereocenters. The minimum absolute atomic E-state index is 0.650. The van der Waals surface area contributed by atoms with Gasteiger partial charge in [0.05, 0.1) is 19.9 Å². The number of ether oxygens (including phenoxy) is 2. The number of methoxy groups -OCH3 is 2. The van der Waals surface area contributed by atoms with Crippen molar-refractivity contribution < 1.29 is 9.47 Å². The van der Waals surface area contributed by atoms with Gasteiger partial charge < -0.3 is 9.47 Å². The van der Waals surface area contributed by atoms with Crippen molar-refractivity contribution in [3.63, 3.8) is 0 Å². The van der Waals surface area contributed by atoms with Crippen LogP contribution in [0.1, 0.15) is 5.56 Å². The summed E-state index contributed by atoms with van der Waals surface area (Å²) in [4.78, 5) is 4.38. The summed E-state index contributed by atoms with van der Waals surface area (Å²) < 4.78 is 10.4. The summed E-state index contributed by atoms with van der Waals surface area (Å²) in [7, 11) is 3.25. The fourth-order valence-corrected chi connectivity index (χ4v) is 1.80. The molecule has 0 N–H and O–H groups in total. The van der Waals surface area contributed by atoms with Gasteiger partial charge in [0.2, 0.25) is 0 Å². The quantitative estimate of drug-likeness (QED) is 0.786. The second-order valence-corrected chi connectivity index (χ2v) is 4.28. The van der Waals surface area contributed by atoms with Crippen LogP contribution in [0.2, 0.25) is 5.02 Å². The molecule has 0 aliphatic carbocycles. The van der Waals surface area contributed by atoms with Gasteiger partial charge in [0, 0.05) is 16.8 Å². The molecule has 0 unspecified atom stereocenters. The van der Waals surface area contributed by atoms with Gasteiger partial charge in [-0.25, -0.2) is 0 Å². The number of benzene rings is 2. The molecule has 2 aromatic rings. The molecule has 0 amide bonds. The van der Waals surface area contributed by atoms with Gasteiger partial charge in [0.15, 0.2) is 0 Å². The Morgan fingerprint density at radius 1 is 1.00 bits per heavy atom. The van der Waals surface area contributed by atoms with Crippen LogP contribution < -0.4 is 9.47 Å². The first-order valence-corrected chi connectivity index (χ1v) is 6.12. The number of hydrogen-bond donors (Lipinski definition) is 0. The van der Waals surface area contributed by atoms with Crippen molar-refractivity contribution in [2.75, 3.05) is 14.2 Å². The molecule has 0 bridgehead atoms. The zero-order valence-corrected chi connectivity index (χ0v) is 11.5. The van der Waals surface area contributed by atoms with Crippen LogP contribution in [-0.4, -0.2) is 20.4 Å². The lowest BCUT2D eigenvalue weighted by Crippen LogP contribution is -1.90. The summed E-state index contributed by atoms with van der Waals surface area (Å²) in [5.74, 6) is 1.54. The van der Waals surface area contributed by atoms with E-state index in [1.165, 1.54) is 0 Å². The highest BCUT2D eigenvalue weighted by atomic mass is 35.5. The van der Waals surface area contributed by atoms with Gasteiger partial charge in [-0.05, 0) is 42.5 Å². The molecular weight excluding hydrogens is 262 g/mol. The zero-order valence-electron chi connectivity index (χ0n) is 10.8. The number of aliphatic imine (C=N–C) groups is 1. The fraction of sp³-hybridized carbons (Fsp3) is 0.133. The van der Waals surface area contributed by atoms with Crippen LogP contribution >= 0.6 is 11.6 Å². The molecule has 2 aromatic carbocycles. The van der Waals surface area contributed by atoms with Crippen molar-refractivity contribution in [3.05, 3.63) is 53.1 Å². The van der Waals surface area contributed by atoms with E-state index in [0.29, 0.717) is 5.02 Å². The van der Waals surface area contributed by atoms with E-state index in [0.717, 1.165) is 22.7 Å². The third-order valence-corrected chi connectivity index (χ3v) is 2.85. The predicted octanol–water partition coefficient (Wildman–Crippen LogP) is 4.11. The van der Waals surface area contributed by atoms with E-state index in [1.807, 2.05) is 36.4 Å². The van der Waals surface area contributed by atoms with Gasteiger partial charge in [-0.2, -0.15) is 0 Å². The Morgan fingerprint density at radius 3 is 2.37 bits per heavy atom. The third kappa shape index (κ3) is 3.48. The summed E-state index contributed by atoms with van der Waals surface area (Å²) in [5.41, 5.74) is 1.67. The molecule has 4 heteroatoms. The van der Waals surface area contributed by atoms with Gasteiger partial charge in [-0.3, -0.25) is 4.99 Å². The normalized spacial score (nSPS) is 10.7. The van der Waals surface area contributed by atoms with Crippen molar-refractivity contribution in [2.45, 2.75) is 0 Å². The molecule has 0 aliphatic heterocycles. The van der Waals surface area contributed by atoms with Gasteiger partial charge in [-0.15, -0.1) is 0 Å². The van der Waals surface area contributed by atoms with Crippen molar-refractivity contribution in [1.29, 1.82) is 0 Å². The zero-order chi connectivity index (χ0) is 13.7. The standard InChI is InChI=1S/C15H14ClNO2/c1-18-14-6-4-13(5-7-14)17-10-11-9-12(16)3-8-15(11)19-2/h3-10H,1-2H3. The van der Waals surface area contributed by atoms with Crippen LogP contribution in [0.4, 0.5) is 5.69 Å². The van der Waals surface area contributed by atoms with Crippen LogP contribution in [0.25, 0.3) is 0 Å². The summed E-state index contributed by atoms with van der Waals surface area (Å²) in [5, 5.41) is 0.650. The molecule has 98 valence electrons. The van der Waals surface area contributed by atoms with E-state index >= 15 is 0 Å². The average Bonchev–Trinajstić information content (AvgIpc) is 2.46. The Labute approximate surface area is 117 Å². The van der Waals surface area contributed by atoms with E-state index in [-0.39, 0.29) is 0 Å². The minimum Gasteiger partial charge on any atom is -0.497 e. The van der Waals surface area contributed by atoms with Crippen LogP contribution in [0.15, 0.2) is 47.5 Å². The third-order valence-electron chi connectivity index (χ3n) is 2.62. The van der Waals surface area contributed by atoms with Crippen molar-refractivity contribution in [2.24, 2.45) is 4.99 Å². The van der Waals surface area contributed by atoms with Gasteiger partial charge >= 0.3 is 0 Å². The first kappa shape index (κ1) is 13.4. The van der Waals surface area contributed by atoms with Crippen molar-refractivity contribution in [3.8, 4) is 11.5 Å². The topological polar surface area (TPSA) is 30.8 Å². The Morgan fingerprint density at radius 2 is 1.74 bits per heavy atom. The molecule has 0 fully saturated rings. The van der Waals surface area contributed by atoms with Crippen molar-refractivity contribution >= 4 is 23.5 Å². The van der Waals surface area contributed by atoms with Crippen LogP contribution in [0, 0.1) is 0 Å². The molecule has 0 radical (unpaired) electrons. The first-order chi connectivity index (χ1) is 9.22. The number of halogens is 1. The number of hydrogen-bond acceptors (Lipinski definition) is 3. The molecule has 3 nitrogen and oxygen atoms in total. The average molecular weight is 276 g/mol. The summed E-state index contributed by atoms with van der Waals surface area (Å²) in [6.45, 7) is 0. The molecule has 0 spiro atoms. The molecule has 0 heterocycles. The monoisotopic (exact) mass is 275 g/mol. The predicted molar refractivity (Wildman–Crippen MR) is 78.3 cm³/mol. The van der Waals surface area contributed by atoms with Gasteiger partial charge in [0.25, 0.3) is 0 Å². The molecule has 0 aliphatic rings. The van der Waals surface area contributed by atoms with Crippen LogP contribution in [0.3, 0.4) is 0 Å². The van der Waals surface area contributed by atoms with Crippen LogP contribution in [0.5, 0.6) is 11.5 Å². The summed E-state index contributed by atoms with van der Waals surface area (Å²) >= 11 is 5.96. The SMILES string of the molecule is COc1ccc(N=Cc2cc(Cl)ccc2OC)cc1. The Bertz CT molecular complexity index is 579. The van der Waals surface area contributed by atoms with Gasteiger partial charge in [0.1, 0.15) is 11.5 Å². The highest BCUT2D eigenvalue weighted by Gasteiger charge is 2.01. The Balaban J connectivity index is 2.23. The first-order valence-electron chi connectivity index (χ1n) is 5.74. The van der Waals surface area contributed by atoms with E-state index < -0.39 is 0 Å². The van der Waals surface area contributed by atoms with E-state index in [9.17, 15) is 0 Å². The lowest BCUT2D eigenvalue weighted by molar-refractivity contribution is 0.414. The molecule has 2 rings (SSSR count). The minimum atomic E-state index is 0.650. The van der Waals surface area contributed by atoms with E-state index in [1.54, 1.807) is 26.5 Å². The van der Waals surface area contributed by atoms with Gasteiger partial charge in [-0.1, -0.05) is 11.6 Å². The lowest BCUT2D eigenvalue weighted by Gasteiger charge is -2.04. The lowest BCUT2D eigenvalue weighted by atomic mass is 10.2. The number of nitrogens with zero attached hydrogens (tertiary/aromatic N) is 1. The molecule has 19 heavy (non-hydrogen) atoms. The van der Waals surface area contributed by atoms with Crippen LogP contribution in [-0.2, 0) is 0 Å². The molecule has 0 saturated carbocycles. The highest BCUT2D eigenvalue weighted by molar-refractivity contribution is 6.30. The van der Waals surface area contributed by atoms with Crippen molar-refractivity contribution in [1.82, 2.24) is 0 Å².